The van der Waals surface area contributed by atoms with Gasteiger partial charge in [-0.2, -0.15) is 0 Å². The van der Waals surface area contributed by atoms with E-state index in [-0.39, 0.29) is 10.2 Å². The Balaban J connectivity index is 4.26. The summed E-state index contributed by atoms with van der Waals surface area (Å²) in [5, 5.41) is 0. The summed E-state index contributed by atoms with van der Waals surface area (Å²) in [4.78, 5) is 0. The summed E-state index contributed by atoms with van der Waals surface area (Å²) in [6.07, 6.45) is 2.79. The van der Waals surface area contributed by atoms with Gasteiger partial charge in [-0.1, -0.05) is 27.2 Å². The van der Waals surface area contributed by atoms with Gasteiger partial charge in [-0.3, -0.25) is 8.60 Å². The number of rotatable bonds is 8. The molecule has 0 bridgehead atoms. The highest BCUT2D eigenvalue weighted by Crippen LogP contribution is 2.38. The fraction of sp³-hybridized carbons (Fsp3) is 1.00. The van der Waals surface area contributed by atoms with Gasteiger partial charge in [0.1, 0.15) is 7.85 Å². The molecule has 2 unspecified atom stereocenters. The Morgan fingerprint density at radius 1 is 1.11 bits per heavy atom. The molecule has 0 aliphatic rings. The number of hydrogen-bond acceptors (Lipinski definition) is 1. The molecule has 0 amide bonds. The minimum atomic E-state index is -1.60. The minimum Gasteiger partial charge on any atom is -0.259 e. The van der Waals surface area contributed by atoms with Gasteiger partial charge in [0, 0.05) is 21.3 Å². The van der Waals surface area contributed by atoms with E-state index in [2.05, 4.69) is 34.6 Å². The van der Waals surface area contributed by atoms with Crippen LogP contribution in [0.1, 0.15) is 67.2 Å². The van der Waals surface area contributed by atoms with Crippen molar-refractivity contribution in [3.8, 4) is 0 Å². The summed E-state index contributed by atoms with van der Waals surface area (Å²) < 4.78 is 25.3. The summed E-state index contributed by atoms with van der Waals surface area (Å²) in [5.41, 5.74) is -1.56. The molecule has 0 saturated carbocycles. The van der Waals surface area contributed by atoms with Crippen molar-refractivity contribution >= 4 is 18.6 Å². The molecule has 0 aromatic rings. The first kappa shape index (κ1) is 18.1. The summed E-state index contributed by atoms with van der Waals surface area (Å²) >= 11 is 0. The van der Waals surface area contributed by atoms with E-state index < -0.39 is 16.4 Å². The highest BCUT2D eigenvalue weighted by atomic mass is 32.2. The van der Waals surface area contributed by atoms with Crippen LogP contribution in [-0.2, 0) is 10.8 Å². The Morgan fingerprint density at radius 3 is 2.00 bits per heavy atom. The van der Waals surface area contributed by atoms with Gasteiger partial charge in [0.2, 0.25) is 0 Å². The van der Waals surface area contributed by atoms with Crippen molar-refractivity contribution in [1.29, 1.82) is 0 Å². The maximum Gasteiger partial charge on any atom is 0.120 e. The van der Waals surface area contributed by atoms with Crippen molar-refractivity contribution < 1.29 is 8.60 Å². The predicted octanol–water partition coefficient (Wildman–Crippen LogP) is 3.97. The smallest absolute Gasteiger partial charge is 0.120 e. The van der Waals surface area contributed by atoms with Crippen LogP contribution < -0.4 is 0 Å². The Hall–Kier alpha value is 0.145. The van der Waals surface area contributed by atoms with Crippen LogP contribution in [0.3, 0.4) is 0 Å². The van der Waals surface area contributed by atoms with Crippen LogP contribution in [-0.4, -0.2) is 28.1 Å². The molecule has 0 saturated heterocycles. The third kappa shape index (κ3) is 5.42. The lowest BCUT2D eigenvalue weighted by molar-refractivity contribution is 0.265. The Kier molecular flexibility index (Phi) is 6.59. The zero-order valence-electron chi connectivity index (χ0n) is 12.8. The van der Waals surface area contributed by atoms with Gasteiger partial charge >= 0.3 is 0 Å². The molecule has 0 aliphatic heterocycles. The zero-order chi connectivity index (χ0) is 14.6. The van der Waals surface area contributed by atoms with Crippen molar-refractivity contribution in [3.05, 3.63) is 0 Å². The van der Waals surface area contributed by atoms with E-state index in [1.165, 1.54) is 6.92 Å². The molecular weight excluding hydrogens is 246 g/mol. The maximum atomic E-state index is 13.1. The fourth-order valence-corrected chi connectivity index (χ4v) is 3.43. The quantitative estimate of drug-likeness (QED) is 0.483. The van der Waals surface area contributed by atoms with Crippen LogP contribution in [0.25, 0.3) is 0 Å². The lowest BCUT2D eigenvalue weighted by Crippen LogP contribution is -2.43. The Labute approximate surface area is 116 Å². The average molecular weight is 274 g/mol. The van der Waals surface area contributed by atoms with Gasteiger partial charge in [0.05, 0.1) is 5.57 Å². The van der Waals surface area contributed by atoms with Crippen molar-refractivity contribution in [2.45, 2.75) is 77.5 Å². The van der Waals surface area contributed by atoms with Crippen LogP contribution in [0.4, 0.5) is 4.39 Å². The van der Waals surface area contributed by atoms with E-state index in [1.807, 2.05) is 0 Å². The van der Waals surface area contributed by atoms with Crippen molar-refractivity contribution in [2.75, 3.05) is 5.75 Å². The first-order chi connectivity index (χ1) is 7.94. The normalized spacial score (nSPS) is 18.4. The van der Waals surface area contributed by atoms with E-state index in [1.54, 1.807) is 0 Å². The molecule has 0 heterocycles. The third-order valence-electron chi connectivity index (χ3n) is 4.33. The van der Waals surface area contributed by atoms with Crippen LogP contribution in [0.15, 0.2) is 0 Å². The molecule has 0 aromatic heterocycles. The first-order valence-corrected chi connectivity index (χ1v) is 8.12. The SMILES string of the molecule is [B]C(C)(F)CCCCS(=O)C(C)(C)C(C)(C)CC. The Morgan fingerprint density at radius 2 is 1.61 bits per heavy atom. The zero-order valence-corrected chi connectivity index (χ0v) is 13.6. The number of halogens is 1. The summed E-state index contributed by atoms with van der Waals surface area (Å²) in [6, 6.07) is 0. The van der Waals surface area contributed by atoms with Crippen molar-refractivity contribution in [3.63, 3.8) is 0 Å². The number of alkyl halides is 1. The van der Waals surface area contributed by atoms with Gasteiger partial charge in [0.15, 0.2) is 0 Å². The Bertz CT molecular complexity index is 282. The minimum absolute atomic E-state index is 0.0420. The van der Waals surface area contributed by atoms with Crippen LogP contribution in [0.2, 0.25) is 0 Å². The highest BCUT2D eigenvalue weighted by molar-refractivity contribution is 7.86. The van der Waals surface area contributed by atoms with Gasteiger partial charge in [-0.15, -0.1) is 0 Å². The standard InChI is InChI=1S/C14H28BFOS/c1-7-12(2,3)13(4,5)18(17)11-9-8-10-14(6,15)16/h7-11H2,1-6H3. The average Bonchev–Trinajstić information content (AvgIpc) is 2.22. The van der Waals surface area contributed by atoms with Crippen LogP contribution in [0.5, 0.6) is 0 Å². The summed E-state index contributed by atoms with van der Waals surface area (Å²) in [5.74, 6) is 0.631. The molecule has 1 nitrogen and oxygen atoms in total. The first-order valence-electron chi connectivity index (χ1n) is 6.80. The van der Waals surface area contributed by atoms with E-state index in [0.29, 0.717) is 18.6 Å². The van der Waals surface area contributed by atoms with Gasteiger partial charge in [-0.05, 0) is 45.4 Å². The lowest BCUT2D eigenvalue weighted by atomic mass is 9.78. The molecule has 4 heteroatoms. The van der Waals surface area contributed by atoms with Crippen LogP contribution >= 0.6 is 0 Å². The largest absolute Gasteiger partial charge is 0.259 e. The van der Waals surface area contributed by atoms with Crippen molar-refractivity contribution in [2.24, 2.45) is 5.41 Å². The molecule has 2 radical (unpaired) electrons. The summed E-state index contributed by atoms with van der Waals surface area (Å²) in [7, 11) is 4.40. The fourth-order valence-electron chi connectivity index (χ4n) is 1.69. The maximum absolute atomic E-state index is 13.1. The summed E-state index contributed by atoms with van der Waals surface area (Å²) in [6.45, 7) is 12.0. The molecule has 0 spiro atoms. The third-order valence-corrected chi connectivity index (χ3v) is 6.68. The van der Waals surface area contributed by atoms with Gasteiger partial charge in [0.25, 0.3) is 0 Å². The topological polar surface area (TPSA) is 17.1 Å². The predicted molar refractivity (Wildman–Crippen MR) is 80.3 cm³/mol. The monoisotopic (exact) mass is 274 g/mol. The number of hydrogen-bond donors (Lipinski definition) is 0. The molecule has 0 rings (SSSR count). The van der Waals surface area contributed by atoms with Crippen LogP contribution in [0, 0.1) is 5.41 Å². The second kappa shape index (κ2) is 6.54. The van der Waals surface area contributed by atoms with Crippen molar-refractivity contribution in [1.82, 2.24) is 0 Å². The number of unbranched alkanes of at least 4 members (excludes halogenated alkanes) is 1. The molecule has 106 valence electrons. The van der Waals surface area contributed by atoms with Gasteiger partial charge in [-0.25, -0.2) is 0 Å². The molecule has 0 aromatic carbocycles. The molecule has 18 heavy (non-hydrogen) atoms. The highest BCUT2D eigenvalue weighted by Gasteiger charge is 2.40. The molecular formula is C14H28BFOS. The molecule has 0 N–H and O–H groups in total. The second-order valence-electron chi connectivity index (χ2n) is 6.53. The second-order valence-corrected chi connectivity index (χ2v) is 8.65. The van der Waals surface area contributed by atoms with E-state index in [9.17, 15) is 8.60 Å². The van der Waals surface area contributed by atoms with E-state index in [4.69, 9.17) is 7.85 Å². The molecule has 0 aliphatic carbocycles. The lowest BCUT2D eigenvalue weighted by Gasteiger charge is -2.40. The van der Waals surface area contributed by atoms with E-state index >= 15 is 0 Å². The molecule has 2 atom stereocenters. The van der Waals surface area contributed by atoms with E-state index in [0.717, 1.165) is 12.8 Å². The van der Waals surface area contributed by atoms with Gasteiger partial charge < -0.3 is 0 Å². The molecule has 0 fully saturated rings.